The van der Waals surface area contributed by atoms with Crippen molar-refractivity contribution < 1.29 is 9.84 Å². The Balaban J connectivity index is 1.84. The van der Waals surface area contributed by atoms with E-state index in [0.29, 0.717) is 0 Å². The molecule has 3 nitrogen and oxygen atoms in total. The molecule has 1 aromatic carbocycles. The number of hydrogen-bond acceptors (Lipinski definition) is 3. The van der Waals surface area contributed by atoms with Crippen molar-refractivity contribution in [3.05, 3.63) is 29.8 Å². The largest absolute Gasteiger partial charge is 0.497 e. The van der Waals surface area contributed by atoms with Crippen LogP contribution in [0.2, 0.25) is 0 Å². The zero-order valence-electron chi connectivity index (χ0n) is 13.1. The van der Waals surface area contributed by atoms with Crippen molar-refractivity contribution in [2.24, 2.45) is 0 Å². The van der Waals surface area contributed by atoms with Crippen LogP contribution in [0.1, 0.15) is 56.6 Å². The second-order valence-electron chi connectivity index (χ2n) is 6.53. The van der Waals surface area contributed by atoms with Crippen LogP contribution in [-0.2, 0) is 0 Å². The number of ether oxygens (including phenoxy) is 1. The van der Waals surface area contributed by atoms with Crippen molar-refractivity contribution in [3.8, 4) is 5.75 Å². The highest BCUT2D eigenvalue weighted by Gasteiger charge is 2.46. The van der Waals surface area contributed by atoms with E-state index in [2.05, 4.69) is 4.90 Å². The fraction of sp³-hybridized carbons (Fsp3) is 0.667. The molecule has 1 aliphatic heterocycles. The van der Waals surface area contributed by atoms with Gasteiger partial charge in [-0.2, -0.15) is 0 Å². The van der Waals surface area contributed by atoms with Crippen LogP contribution >= 0.6 is 0 Å². The molecule has 1 aromatic rings. The van der Waals surface area contributed by atoms with E-state index in [9.17, 15) is 5.11 Å². The molecule has 2 aliphatic rings. The maximum atomic E-state index is 11.1. The number of aliphatic hydroxyl groups excluding tert-OH is 1. The molecule has 0 spiro atoms. The quantitative estimate of drug-likeness (QED) is 0.920. The number of nitrogens with zero attached hydrogens (tertiary/aromatic N) is 1. The van der Waals surface area contributed by atoms with Gasteiger partial charge in [-0.15, -0.1) is 0 Å². The lowest BCUT2D eigenvalue weighted by Gasteiger charge is -2.46. The Kier molecular flexibility index (Phi) is 4.51. The molecule has 2 fully saturated rings. The smallest absolute Gasteiger partial charge is 0.118 e. The number of rotatable bonds is 4. The molecular weight excluding hydrogens is 262 g/mol. The summed E-state index contributed by atoms with van der Waals surface area (Å²) in [7, 11) is 1.68. The topological polar surface area (TPSA) is 32.7 Å². The molecule has 1 saturated carbocycles. The lowest BCUT2D eigenvalue weighted by Crippen LogP contribution is -2.53. The van der Waals surface area contributed by atoms with Gasteiger partial charge in [0.15, 0.2) is 0 Å². The zero-order chi connectivity index (χ0) is 14.7. The summed E-state index contributed by atoms with van der Waals surface area (Å²) in [6.07, 6.45) is 8.23. The van der Waals surface area contributed by atoms with Gasteiger partial charge in [-0.05, 0) is 56.5 Å². The van der Waals surface area contributed by atoms with Gasteiger partial charge in [-0.3, -0.25) is 4.90 Å². The summed E-state index contributed by atoms with van der Waals surface area (Å²) in [5.41, 5.74) is 0.998. The minimum absolute atomic E-state index is 0.0327. The molecule has 1 heterocycles. The van der Waals surface area contributed by atoms with Gasteiger partial charge in [-0.25, -0.2) is 0 Å². The Morgan fingerprint density at radius 1 is 1.00 bits per heavy atom. The summed E-state index contributed by atoms with van der Waals surface area (Å²) in [6.45, 7) is 2.29. The maximum Gasteiger partial charge on any atom is 0.118 e. The Bertz CT molecular complexity index is 445. The molecule has 1 unspecified atom stereocenters. The van der Waals surface area contributed by atoms with Crippen LogP contribution in [0, 0.1) is 0 Å². The first-order valence-electron chi connectivity index (χ1n) is 8.33. The summed E-state index contributed by atoms with van der Waals surface area (Å²) < 4.78 is 5.22. The number of likely N-dealkylation sites (tertiary alicyclic amines) is 1. The van der Waals surface area contributed by atoms with Crippen molar-refractivity contribution in [2.45, 2.75) is 56.6 Å². The average Bonchev–Trinajstić information content (AvgIpc) is 3.06. The molecular formula is C18H27NO2. The predicted molar refractivity (Wildman–Crippen MR) is 84.6 cm³/mol. The third kappa shape index (κ3) is 2.82. The van der Waals surface area contributed by atoms with Crippen LogP contribution in [-0.4, -0.2) is 35.7 Å². The average molecular weight is 289 g/mol. The second kappa shape index (κ2) is 6.37. The SMILES string of the molecule is COc1ccc(C(O)C2(N3CCCCC3)CCCC2)cc1. The molecule has 1 N–H and O–H groups in total. The van der Waals surface area contributed by atoms with Crippen LogP contribution < -0.4 is 4.74 Å². The van der Waals surface area contributed by atoms with E-state index in [1.807, 2.05) is 24.3 Å². The van der Waals surface area contributed by atoms with Crippen LogP contribution in [0.25, 0.3) is 0 Å². The van der Waals surface area contributed by atoms with E-state index >= 15 is 0 Å². The molecule has 0 radical (unpaired) electrons. The summed E-state index contributed by atoms with van der Waals surface area (Å²) in [5.74, 6) is 0.851. The summed E-state index contributed by atoms with van der Waals surface area (Å²) >= 11 is 0. The van der Waals surface area contributed by atoms with Crippen LogP contribution in [0.15, 0.2) is 24.3 Å². The van der Waals surface area contributed by atoms with Gasteiger partial charge < -0.3 is 9.84 Å². The van der Waals surface area contributed by atoms with Crippen LogP contribution in [0.3, 0.4) is 0 Å². The molecule has 1 saturated heterocycles. The number of hydrogen-bond donors (Lipinski definition) is 1. The fourth-order valence-electron chi connectivity index (χ4n) is 4.19. The van der Waals surface area contributed by atoms with Crippen molar-refractivity contribution in [1.29, 1.82) is 0 Å². The van der Waals surface area contributed by atoms with Crippen LogP contribution in [0.5, 0.6) is 5.75 Å². The first-order chi connectivity index (χ1) is 10.3. The molecule has 116 valence electrons. The first kappa shape index (κ1) is 14.9. The number of aliphatic hydroxyl groups is 1. The summed E-state index contributed by atoms with van der Waals surface area (Å²) in [4.78, 5) is 2.58. The Morgan fingerprint density at radius 2 is 1.62 bits per heavy atom. The van der Waals surface area contributed by atoms with Crippen molar-refractivity contribution >= 4 is 0 Å². The minimum Gasteiger partial charge on any atom is -0.497 e. The van der Waals surface area contributed by atoms with Crippen molar-refractivity contribution in [1.82, 2.24) is 4.90 Å². The molecule has 21 heavy (non-hydrogen) atoms. The summed E-state index contributed by atoms with van der Waals surface area (Å²) in [6, 6.07) is 7.95. The zero-order valence-corrected chi connectivity index (χ0v) is 13.1. The van der Waals surface area contributed by atoms with E-state index in [0.717, 1.165) is 37.2 Å². The van der Waals surface area contributed by atoms with Gasteiger partial charge in [-0.1, -0.05) is 31.4 Å². The lowest BCUT2D eigenvalue weighted by atomic mass is 9.83. The standard InChI is InChI=1S/C18H27NO2/c1-21-16-9-7-15(8-10-16)17(20)18(11-3-4-12-18)19-13-5-2-6-14-19/h7-10,17,20H,2-6,11-14H2,1H3. The molecule has 0 aromatic heterocycles. The normalized spacial score (nSPS) is 23.9. The van der Waals surface area contributed by atoms with E-state index < -0.39 is 0 Å². The third-order valence-electron chi connectivity index (χ3n) is 5.40. The number of benzene rings is 1. The molecule has 3 rings (SSSR count). The van der Waals surface area contributed by atoms with E-state index in [1.165, 1.54) is 32.1 Å². The van der Waals surface area contributed by atoms with Crippen LogP contribution in [0.4, 0.5) is 0 Å². The number of piperidine rings is 1. The van der Waals surface area contributed by atoms with Crippen molar-refractivity contribution in [3.63, 3.8) is 0 Å². The molecule has 1 atom stereocenters. The third-order valence-corrected chi connectivity index (χ3v) is 5.40. The Hall–Kier alpha value is -1.06. The van der Waals surface area contributed by atoms with Gasteiger partial charge in [0.1, 0.15) is 5.75 Å². The highest BCUT2D eigenvalue weighted by Crippen LogP contribution is 2.45. The maximum absolute atomic E-state index is 11.1. The monoisotopic (exact) mass is 289 g/mol. The first-order valence-corrected chi connectivity index (χ1v) is 8.33. The van der Waals surface area contributed by atoms with Gasteiger partial charge in [0, 0.05) is 0 Å². The van der Waals surface area contributed by atoms with E-state index in [-0.39, 0.29) is 11.6 Å². The Labute approximate surface area is 127 Å². The number of methoxy groups -OCH3 is 1. The molecule has 1 aliphatic carbocycles. The molecule has 3 heteroatoms. The van der Waals surface area contributed by atoms with Gasteiger partial charge in [0.2, 0.25) is 0 Å². The minimum atomic E-state index is -0.385. The summed E-state index contributed by atoms with van der Waals surface area (Å²) in [5, 5.41) is 11.1. The second-order valence-corrected chi connectivity index (χ2v) is 6.53. The molecule has 0 bridgehead atoms. The highest BCUT2D eigenvalue weighted by atomic mass is 16.5. The lowest BCUT2D eigenvalue weighted by molar-refractivity contribution is -0.0405. The van der Waals surface area contributed by atoms with Gasteiger partial charge >= 0.3 is 0 Å². The fourth-order valence-corrected chi connectivity index (χ4v) is 4.19. The van der Waals surface area contributed by atoms with Crippen molar-refractivity contribution in [2.75, 3.05) is 20.2 Å². The Morgan fingerprint density at radius 3 is 2.19 bits per heavy atom. The van der Waals surface area contributed by atoms with Gasteiger partial charge in [0.25, 0.3) is 0 Å². The van der Waals surface area contributed by atoms with E-state index in [4.69, 9.17) is 4.74 Å². The molecule has 0 amide bonds. The van der Waals surface area contributed by atoms with Gasteiger partial charge in [0.05, 0.1) is 18.8 Å². The predicted octanol–water partition coefficient (Wildman–Crippen LogP) is 3.53. The van der Waals surface area contributed by atoms with E-state index in [1.54, 1.807) is 7.11 Å². The highest BCUT2D eigenvalue weighted by molar-refractivity contribution is 5.30.